The van der Waals surface area contributed by atoms with Crippen LogP contribution in [-0.4, -0.2) is 71.1 Å². The number of carbonyl (C=O) groups is 4. The van der Waals surface area contributed by atoms with Crippen LogP contribution in [0.5, 0.6) is 5.75 Å². The van der Waals surface area contributed by atoms with Crippen LogP contribution in [0.15, 0.2) is 60.7 Å². The summed E-state index contributed by atoms with van der Waals surface area (Å²) in [6.45, 7) is 11.6. The second kappa shape index (κ2) is 22.0. The lowest BCUT2D eigenvalue weighted by molar-refractivity contribution is -0.171. The molecule has 0 aliphatic heterocycles. The Bertz CT molecular complexity index is 1610. The number of rotatable bonds is 21. The number of esters is 4. The number of ether oxygens (including phenoxy) is 6. The molecule has 0 radical (unpaired) electrons. The molecule has 1 aliphatic carbocycles. The number of hydrogen-bond donors (Lipinski definition) is 0. The Morgan fingerprint density at radius 1 is 0.778 bits per heavy atom. The molecule has 2 aromatic carbocycles. The normalized spacial score (nSPS) is 16.4. The van der Waals surface area contributed by atoms with Gasteiger partial charge in [0.15, 0.2) is 0 Å². The zero-order valence-electron chi connectivity index (χ0n) is 32.6. The highest BCUT2D eigenvalue weighted by molar-refractivity contribution is 6.29. The minimum absolute atomic E-state index is 0.0900. The third-order valence-corrected chi connectivity index (χ3v) is 9.77. The van der Waals surface area contributed by atoms with Crippen LogP contribution < -0.4 is 4.74 Å². The highest BCUT2D eigenvalue weighted by Crippen LogP contribution is 2.39. The van der Waals surface area contributed by atoms with E-state index in [-0.39, 0.29) is 43.4 Å². The van der Waals surface area contributed by atoms with Crippen molar-refractivity contribution in [3.8, 4) is 16.9 Å². The van der Waals surface area contributed by atoms with Gasteiger partial charge in [0.25, 0.3) is 0 Å². The molecule has 3 rings (SSSR count). The Morgan fingerprint density at radius 3 is 2.06 bits per heavy atom. The lowest BCUT2D eigenvalue weighted by atomic mass is 9.77. The molecular formula is C43H57FO10. The van der Waals surface area contributed by atoms with Crippen molar-refractivity contribution in [3.05, 3.63) is 77.6 Å². The first kappa shape index (κ1) is 43.9. The van der Waals surface area contributed by atoms with Crippen LogP contribution in [0.3, 0.4) is 0 Å². The van der Waals surface area contributed by atoms with Gasteiger partial charge in [0.1, 0.15) is 31.4 Å². The van der Waals surface area contributed by atoms with Crippen molar-refractivity contribution in [1.82, 2.24) is 0 Å². The van der Waals surface area contributed by atoms with Gasteiger partial charge in [0.2, 0.25) is 0 Å². The van der Waals surface area contributed by atoms with Gasteiger partial charge in [-0.3, -0.25) is 0 Å². The van der Waals surface area contributed by atoms with Gasteiger partial charge in [0.05, 0.1) is 25.7 Å². The summed E-state index contributed by atoms with van der Waals surface area (Å²) >= 11 is 0. The summed E-state index contributed by atoms with van der Waals surface area (Å²) in [5.74, 6) is -2.38. The van der Waals surface area contributed by atoms with E-state index in [2.05, 4.69) is 24.8 Å². The van der Waals surface area contributed by atoms with Crippen LogP contribution in [0.2, 0.25) is 0 Å². The van der Waals surface area contributed by atoms with E-state index in [0.29, 0.717) is 41.2 Å². The largest absolute Gasteiger partial charge is 0.492 e. The number of methoxy groups -OCH3 is 2. The molecule has 54 heavy (non-hydrogen) atoms. The summed E-state index contributed by atoms with van der Waals surface area (Å²) in [7, 11) is 2.47. The van der Waals surface area contributed by atoms with Gasteiger partial charge in [-0.2, -0.15) is 0 Å². The molecule has 296 valence electrons. The fourth-order valence-electron chi connectivity index (χ4n) is 6.61. The Labute approximate surface area is 319 Å². The van der Waals surface area contributed by atoms with Crippen LogP contribution in [0.4, 0.5) is 4.39 Å². The van der Waals surface area contributed by atoms with E-state index in [4.69, 9.17) is 23.7 Å². The Balaban J connectivity index is 1.88. The number of benzene rings is 2. The molecule has 0 N–H and O–H groups in total. The number of carbonyl (C=O) groups excluding carboxylic acids is 4. The fourth-order valence-corrected chi connectivity index (χ4v) is 6.61. The summed E-state index contributed by atoms with van der Waals surface area (Å²) < 4.78 is 48.1. The van der Waals surface area contributed by atoms with Crippen molar-refractivity contribution in [2.45, 2.75) is 90.9 Å². The van der Waals surface area contributed by atoms with Gasteiger partial charge in [-0.05, 0) is 99.1 Å². The summed E-state index contributed by atoms with van der Waals surface area (Å²) in [5.41, 5.74) is 2.00. The molecule has 0 saturated heterocycles. The Hall–Kier alpha value is -4.51. The third kappa shape index (κ3) is 13.4. The minimum Gasteiger partial charge on any atom is -0.492 e. The zero-order valence-corrected chi connectivity index (χ0v) is 32.6. The van der Waals surface area contributed by atoms with Crippen LogP contribution in [0, 0.1) is 17.2 Å². The molecule has 1 saturated carbocycles. The average Bonchev–Trinajstić information content (AvgIpc) is 3.16. The second-order valence-corrected chi connectivity index (χ2v) is 14.4. The molecule has 0 bridgehead atoms. The molecule has 2 aromatic rings. The highest BCUT2D eigenvalue weighted by Gasteiger charge is 2.37. The molecule has 0 aromatic heterocycles. The maximum atomic E-state index is 15.9. The van der Waals surface area contributed by atoms with Crippen LogP contribution in [0.25, 0.3) is 11.1 Å². The van der Waals surface area contributed by atoms with Gasteiger partial charge >= 0.3 is 23.9 Å². The first-order valence-corrected chi connectivity index (χ1v) is 18.8. The van der Waals surface area contributed by atoms with Gasteiger partial charge in [-0.25, -0.2) is 23.6 Å². The quantitative estimate of drug-likeness (QED) is 0.0405. The second-order valence-electron chi connectivity index (χ2n) is 14.4. The number of halogens is 1. The van der Waals surface area contributed by atoms with Gasteiger partial charge in [0, 0.05) is 23.8 Å². The standard InChI is InChI=1S/C43H57FO10/c1-8-9-10-12-31-14-16-32(17-15-31)33-18-20-36(37(44)24-33)34-19-21-38(35(23-34)13-11-22-51-39(45)29(2)3)52-26-43(25-49-6,27-53-40(46)30(4)5)28-54-42(48)41(47)50-7/h18-21,23-24,31-32H,2,4,8-17,22,25-28H2,1,3,5-7H3. The molecule has 1 unspecified atom stereocenters. The molecule has 10 nitrogen and oxygen atoms in total. The van der Waals surface area contributed by atoms with Crippen LogP contribution in [0.1, 0.15) is 95.6 Å². The molecule has 0 spiro atoms. The molecule has 1 aliphatic rings. The Kier molecular flexibility index (Phi) is 17.9. The van der Waals surface area contributed by atoms with E-state index < -0.39 is 35.9 Å². The predicted molar refractivity (Wildman–Crippen MR) is 203 cm³/mol. The van der Waals surface area contributed by atoms with E-state index in [9.17, 15) is 19.2 Å². The van der Waals surface area contributed by atoms with Crippen molar-refractivity contribution in [3.63, 3.8) is 0 Å². The van der Waals surface area contributed by atoms with E-state index in [1.54, 1.807) is 25.1 Å². The summed E-state index contributed by atoms with van der Waals surface area (Å²) in [6.07, 6.45) is 10.4. The zero-order chi connectivity index (χ0) is 39.7. The van der Waals surface area contributed by atoms with Crippen molar-refractivity contribution >= 4 is 23.9 Å². The summed E-state index contributed by atoms with van der Waals surface area (Å²) in [6, 6.07) is 10.8. The number of unbranched alkanes of at least 4 members (excludes halogenated alkanes) is 2. The van der Waals surface area contributed by atoms with E-state index >= 15 is 4.39 Å². The minimum atomic E-state index is -1.26. The van der Waals surface area contributed by atoms with Gasteiger partial charge in [-0.1, -0.05) is 64.0 Å². The molecule has 0 amide bonds. The fraction of sp³-hybridized carbons (Fsp3) is 0.535. The first-order valence-electron chi connectivity index (χ1n) is 18.8. The van der Waals surface area contributed by atoms with E-state index in [1.165, 1.54) is 52.6 Å². The van der Waals surface area contributed by atoms with Crippen molar-refractivity contribution < 1.29 is 52.0 Å². The Morgan fingerprint density at radius 2 is 1.44 bits per heavy atom. The average molecular weight is 753 g/mol. The van der Waals surface area contributed by atoms with E-state index in [0.717, 1.165) is 31.4 Å². The van der Waals surface area contributed by atoms with Crippen molar-refractivity contribution in [1.29, 1.82) is 0 Å². The highest BCUT2D eigenvalue weighted by atomic mass is 19.1. The monoisotopic (exact) mass is 752 g/mol. The predicted octanol–water partition coefficient (Wildman–Crippen LogP) is 8.25. The van der Waals surface area contributed by atoms with Crippen LogP contribution >= 0.6 is 0 Å². The van der Waals surface area contributed by atoms with Crippen molar-refractivity contribution in [2.24, 2.45) is 11.3 Å². The molecular weight excluding hydrogens is 695 g/mol. The lowest BCUT2D eigenvalue weighted by Gasteiger charge is -2.32. The smallest absolute Gasteiger partial charge is 0.417 e. The van der Waals surface area contributed by atoms with E-state index in [1.807, 2.05) is 18.2 Å². The summed E-state index contributed by atoms with van der Waals surface area (Å²) in [4.78, 5) is 48.4. The molecule has 1 fully saturated rings. The first-order chi connectivity index (χ1) is 25.8. The van der Waals surface area contributed by atoms with Crippen LogP contribution in [-0.2, 0) is 49.3 Å². The lowest BCUT2D eigenvalue weighted by Crippen LogP contribution is -2.44. The molecule has 11 heteroatoms. The summed E-state index contributed by atoms with van der Waals surface area (Å²) in [5, 5.41) is 0. The SMILES string of the molecule is C=C(C)C(=O)OCCCc1cc(-c2ccc(C3CCC(CCCCC)CC3)cc2F)ccc1OCC(COC)(COC(=O)C(=C)C)COC(=O)C(=O)OC. The molecule has 0 heterocycles. The number of aryl methyl sites for hydroxylation is 1. The topological polar surface area (TPSA) is 124 Å². The maximum absolute atomic E-state index is 15.9. The molecule has 1 atom stereocenters. The maximum Gasteiger partial charge on any atom is 0.417 e. The number of hydrogen-bond acceptors (Lipinski definition) is 10. The van der Waals surface area contributed by atoms with Gasteiger partial charge < -0.3 is 28.4 Å². The van der Waals surface area contributed by atoms with Gasteiger partial charge in [-0.15, -0.1) is 0 Å². The third-order valence-electron chi connectivity index (χ3n) is 9.77. The van der Waals surface area contributed by atoms with Crippen molar-refractivity contribution in [2.75, 3.05) is 47.3 Å².